The molecule has 0 bridgehead atoms. The third kappa shape index (κ3) is 5.00. The van der Waals surface area contributed by atoms with E-state index in [9.17, 15) is 9.59 Å². The molecule has 0 aliphatic carbocycles. The highest BCUT2D eigenvalue weighted by atomic mass is 79.9. The van der Waals surface area contributed by atoms with Crippen molar-refractivity contribution in [2.75, 3.05) is 7.11 Å². The van der Waals surface area contributed by atoms with Crippen LogP contribution in [0.15, 0.2) is 85.5 Å². The standard InChI is InChI=1S/C27H19BrClN3O5/c1-15(27(34)35-2)36-23-9-7-18(28)11-17(23)14-30-32-25(31-21-6-4-3-5-20(21)26(32)33)24-13-16-12-19(29)8-10-22(16)37-24/h3-15H,1-2H3/t15-/m0/s1. The Bertz CT molecular complexity index is 1740. The molecule has 2 heterocycles. The molecule has 1 atom stereocenters. The van der Waals surface area contributed by atoms with Crippen LogP contribution >= 0.6 is 27.5 Å². The highest BCUT2D eigenvalue weighted by Gasteiger charge is 2.18. The van der Waals surface area contributed by atoms with E-state index in [1.807, 2.05) is 0 Å². The van der Waals surface area contributed by atoms with Crippen molar-refractivity contribution in [3.63, 3.8) is 0 Å². The zero-order valence-electron chi connectivity index (χ0n) is 19.6. The maximum Gasteiger partial charge on any atom is 0.346 e. The van der Waals surface area contributed by atoms with Crippen LogP contribution in [0, 0.1) is 0 Å². The highest BCUT2D eigenvalue weighted by Crippen LogP contribution is 2.29. The Morgan fingerprint density at radius 2 is 1.97 bits per heavy atom. The van der Waals surface area contributed by atoms with Gasteiger partial charge in [0.1, 0.15) is 11.3 Å². The van der Waals surface area contributed by atoms with Crippen LogP contribution in [0.4, 0.5) is 0 Å². The number of fused-ring (bicyclic) bond motifs is 2. The average molecular weight is 581 g/mol. The van der Waals surface area contributed by atoms with E-state index in [1.165, 1.54) is 18.0 Å². The van der Waals surface area contributed by atoms with Gasteiger partial charge in [-0.2, -0.15) is 9.78 Å². The van der Waals surface area contributed by atoms with Crippen LogP contribution in [0.5, 0.6) is 5.75 Å². The molecule has 0 saturated carbocycles. The molecule has 0 aliphatic heterocycles. The van der Waals surface area contributed by atoms with Crippen LogP contribution in [0.2, 0.25) is 5.02 Å². The third-order valence-corrected chi connectivity index (χ3v) is 6.30. The number of hydrogen-bond donors (Lipinski definition) is 0. The van der Waals surface area contributed by atoms with Gasteiger partial charge in [0, 0.05) is 20.4 Å². The van der Waals surface area contributed by atoms with E-state index in [1.54, 1.807) is 73.7 Å². The summed E-state index contributed by atoms with van der Waals surface area (Å²) >= 11 is 9.58. The SMILES string of the molecule is COC(=O)[C@H](C)Oc1ccc(Br)cc1C=Nn1c(-c2cc3cc(Cl)ccc3o2)nc2ccccc2c1=O. The molecule has 5 rings (SSSR count). The third-order valence-electron chi connectivity index (χ3n) is 5.57. The quantitative estimate of drug-likeness (QED) is 0.179. The number of ether oxygens (including phenoxy) is 2. The summed E-state index contributed by atoms with van der Waals surface area (Å²) in [5, 5.41) is 6.20. The van der Waals surface area contributed by atoms with Crippen LogP contribution in [-0.4, -0.2) is 35.1 Å². The molecule has 0 spiro atoms. The zero-order valence-corrected chi connectivity index (χ0v) is 22.0. The smallest absolute Gasteiger partial charge is 0.346 e. The normalized spacial score (nSPS) is 12.3. The van der Waals surface area contributed by atoms with E-state index < -0.39 is 12.1 Å². The van der Waals surface area contributed by atoms with E-state index in [2.05, 4.69) is 26.0 Å². The molecule has 3 aromatic carbocycles. The number of aromatic nitrogens is 2. The second kappa shape index (κ2) is 10.2. The summed E-state index contributed by atoms with van der Waals surface area (Å²) in [5.41, 5.74) is 1.24. The van der Waals surface area contributed by atoms with Crippen molar-refractivity contribution in [3.8, 4) is 17.3 Å². The number of benzene rings is 3. The van der Waals surface area contributed by atoms with E-state index in [-0.39, 0.29) is 11.4 Å². The van der Waals surface area contributed by atoms with E-state index in [0.717, 1.165) is 9.86 Å². The maximum absolute atomic E-state index is 13.5. The van der Waals surface area contributed by atoms with Crippen molar-refractivity contribution in [2.45, 2.75) is 13.0 Å². The fraction of sp³-hybridized carbons (Fsp3) is 0.111. The van der Waals surface area contributed by atoms with Crippen molar-refractivity contribution >= 4 is 61.6 Å². The van der Waals surface area contributed by atoms with Crippen LogP contribution in [-0.2, 0) is 9.53 Å². The van der Waals surface area contributed by atoms with Crippen molar-refractivity contribution in [2.24, 2.45) is 5.10 Å². The summed E-state index contributed by atoms with van der Waals surface area (Å²) in [4.78, 5) is 30.1. The van der Waals surface area contributed by atoms with Gasteiger partial charge in [0.25, 0.3) is 5.56 Å². The molecule has 0 fully saturated rings. The molecule has 0 saturated heterocycles. The minimum absolute atomic E-state index is 0.215. The number of esters is 1. The topological polar surface area (TPSA) is 95.9 Å². The van der Waals surface area contributed by atoms with Gasteiger partial charge < -0.3 is 13.9 Å². The van der Waals surface area contributed by atoms with Gasteiger partial charge in [0.05, 0.1) is 24.2 Å². The van der Waals surface area contributed by atoms with Gasteiger partial charge in [-0.25, -0.2) is 9.78 Å². The summed E-state index contributed by atoms with van der Waals surface area (Å²) in [7, 11) is 1.29. The van der Waals surface area contributed by atoms with Crippen molar-refractivity contribution in [1.82, 2.24) is 9.66 Å². The van der Waals surface area contributed by atoms with Gasteiger partial charge in [-0.1, -0.05) is 39.7 Å². The van der Waals surface area contributed by atoms with E-state index in [4.69, 9.17) is 25.5 Å². The first kappa shape index (κ1) is 24.7. The number of carbonyl (C=O) groups is 1. The lowest BCUT2D eigenvalue weighted by molar-refractivity contribution is -0.147. The fourth-order valence-corrected chi connectivity index (χ4v) is 4.33. The molecule has 0 aliphatic rings. The molecule has 2 aromatic heterocycles. The first-order chi connectivity index (χ1) is 17.8. The van der Waals surface area contributed by atoms with Gasteiger partial charge in [0.2, 0.25) is 5.82 Å². The summed E-state index contributed by atoms with van der Waals surface area (Å²) in [6, 6.07) is 19.2. The first-order valence-electron chi connectivity index (χ1n) is 11.1. The lowest BCUT2D eigenvalue weighted by Crippen LogP contribution is -2.25. The average Bonchev–Trinajstić information content (AvgIpc) is 3.32. The van der Waals surface area contributed by atoms with Gasteiger partial charge in [-0.15, -0.1) is 0 Å². The van der Waals surface area contributed by atoms with Crippen molar-refractivity contribution < 1.29 is 18.7 Å². The molecule has 0 N–H and O–H groups in total. The fourth-order valence-electron chi connectivity index (χ4n) is 3.77. The molecule has 37 heavy (non-hydrogen) atoms. The largest absolute Gasteiger partial charge is 0.478 e. The second-order valence-corrected chi connectivity index (χ2v) is 9.42. The molecule has 10 heteroatoms. The zero-order chi connectivity index (χ0) is 26.1. The van der Waals surface area contributed by atoms with Crippen LogP contribution in [0.1, 0.15) is 12.5 Å². The van der Waals surface area contributed by atoms with Crippen molar-refractivity contribution in [3.05, 3.63) is 92.1 Å². The number of carbonyl (C=O) groups excluding carboxylic acids is 1. The predicted octanol–water partition coefficient (Wildman–Crippen LogP) is 6.05. The maximum atomic E-state index is 13.5. The Hall–Kier alpha value is -3.95. The predicted molar refractivity (Wildman–Crippen MR) is 145 cm³/mol. The number of rotatable bonds is 6. The number of methoxy groups -OCH3 is 1. The summed E-state index contributed by atoms with van der Waals surface area (Å²) in [6.45, 7) is 1.58. The first-order valence-corrected chi connectivity index (χ1v) is 12.3. The molecule has 0 radical (unpaired) electrons. The lowest BCUT2D eigenvalue weighted by Gasteiger charge is -2.14. The highest BCUT2D eigenvalue weighted by molar-refractivity contribution is 9.10. The monoisotopic (exact) mass is 579 g/mol. The Morgan fingerprint density at radius 3 is 2.78 bits per heavy atom. The van der Waals surface area contributed by atoms with Gasteiger partial charge in [0.15, 0.2) is 11.9 Å². The van der Waals surface area contributed by atoms with Gasteiger partial charge in [-0.05, 0) is 61.5 Å². The molecular weight excluding hydrogens is 562 g/mol. The second-order valence-electron chi connectivity index (χ2n) is 8.07. The van der Waals surface area contributed by atoms with Crippen LogP contribution in [0.3, 0.4) is 0 Å². The molecule has 0 unspecified atom stereocenters. The molecular formula is C27H19BrClN3O5. The molecule has 8 nitrogen and oxygen atoms in total. The van der Waals surface area contributed by atoms with Gasteiger partial charge in [-0.3, -0.25) is 4.79 Å². The van der Waals surface area contributed by atoms with Crippen LogP contribution < -0.4 is 10.3 Å². The molecule has 186 valence electrons. The number of furan rings is 1. The molecule has 5 aromatic rings. The van der Waals surface area contributed by atoms with Gasteiger partial charge >= 0.3 is 5.97 Å². The Balaban J connectivity index is 1.66. The number of para-hydroxylation sites is 1. The molecule has 0 amide bonds. The number of nitrogens with zero attached hydrogens (tertiary/aromatic N) is 3. The van der Waals surface area contributed by atoms with E-state index in [0.29, 0.717) is 38.6 Å². The summed E-state index contributed by atoms with van der Waals surface area (Å²) < 4.78 is 18.5. The minimum Gasteiger partial charge on any atom is -0.478 e. The summed E-state index contributed by atoms with van der Waals surface area (Å²) in [5.74, 6) is 0.426. The summed E-state index contributed by atoms with van der Waals surface area (Å²) in [6.07, 6.45) is 0.617. The minimum atomic E-state index is -0.846. The Kier molecular flexibility index (Phi) is 6.82. The Morgan fingerprint density at radius 1 is 1.16 bits per heavy atom. The lowest BCUT2D eigenvalue weighted by atomic mass is 10.2. The number of hydrogen-bond acceptors (Lipinski definition) is 7. The van der Waals surface area contributed by atoms with E-state index >= 15 is 0 Å². The number of halogens is 2. The van der Waals surface area contributed by atoms with Crippen LogP contribution in [0.25, 0.3) is 33.5 Å². The Labute approximate surface area is 224 Å². The van der Waals surface area contributed by atoms with Crippen molar-refractivity contribution in [1.29, 1.82) is 0 Å².